The van der Waals surface area contributed by atoms with E-state index in [1.807, 2.05) is 29.6 Å². The van der Waals surface area contributed by atoms with Gasteiger partial charge >= 0.3 is 5.91 Å². The van der Waals surface area contributed by atoms with E-state index in [0.29, 0.717) is 11.4 Å². The van der Waals surface area contributed by atoms with Gasteiger partial charge in [-0.2, -0.15) is 0 Å². The molecule has 23 heavy (non-hydrogen) atoms. The molecular formula is C15H11ClN4O2S. The number of halogens is 1. The first kappa shape index (κ1) is 15.5. The largest absolute Gasteiger partial charge is 0.312 e. The summed E-state index contributed by atoms with van der Waals surface area (Å²) in [5, 5.41) is 12.1. The Hall–Kier alpha value is -2.35. The molecular weight excluding hydrogens is 336 g/mol. The van der Waals surface area contributed by atoms with Crippen LogP contribution in [0.4, 0.5) is 0 Å². The zero-order valence-electron chi connectivity index (χ0n) is 11.7. The molecule has 0 unspecified atom stereocenters. The molecule has 2 aromatic heterocycles. The Bertz CT molecular complexity index is 818. The smallest absolute Gasteiger partial charge is 0.288 e. The average Bonchev–Trinajstić information content (AvgIpc) is 3.04. The van der Waals surface area contributed by atoms with Crippen LogP contribution in [0.1, 0.15) is 21.2 Å². The Morgan fingerprint density at radius 1 is 1.22 bits per heavy atom. The van der Waals surface area contributed by atoms with Crippen LogP contribution in [0.15, 0.2) is 42.0 Å². The Morgan fingerprint density at radius 3 is 2.57 bits per heavy atom. The SMILES string of the molecule is O=C(NO)c1ncc(Cc2nc(-c3ccc(Cl)cc3)cs2)cn1. The van der Waals surface area contributed by atoms with Gasteiger partial charge in [-0.15, -0.1) is 11.3 Å². The van der Waals surface area contributed by atoms with Gasteiger partial charge in [-0.25, -0.2) is 20.4 Å². The van der Waals surface area contributed by atoms with Crippen molar-refractivity contribution in [1.82, 2.24) is 20.4 Å². The summed E-state index contributed by atoms with van der Waals surface area (Å²) in [7, 11) is 0. The molecule has 0 saturated carbocycles. The van der Waals surface area contributed by atoms with Crippen LogP contribution in [0.25, 0.3) is 11.3 Å². The van der Waals surface area contributed by atoms with Crippen molar-refractivity contribution >= 4 is 28.8 Å². The van der Waals surface area contributed by atoms with Gasteiger partial charge in [0.25, 0.3) is 0 Å². The number of hydrogen-bond donors (Lipinski definition) is 2. The van der Waals surface area contributed by atoms with Gasteiger partial charge in [-0.05, 0) is 17.7 Å². The van der Waals surface area contributed by atoms with Crippen LogP contribution in [0.2, 0.25) is 5.02 Å². The van der Waals surface area contributed by atoms with Crippen LogP contribution in [0.5, 0.6) is 0 Å². The molecule has 0 radical (unpaired) electrons. The maximum absolute atomic E-state index is 11.2. The molecule has 116 valence electrons. The number of carbonyl (C=O) groups is 1. The minimum absolute atomic E-state index is 0.0859. The number of rotatable bonds is 4. The van der Waals surface area contributed by atoms with E-state index in [1.165, 1.54) is 16.8 Å². The van der Waals surface area contributed by atoms with Crippen LogP contribution in [0, 0.1) is 0 Å². The summed E-state index contributed by atoms with van der Waals surface area (Å²) in [6, 6.07) is 7.50. The van der Waals surface area contributed by atoms with E-state index < -0.39 is 5.91 Å². The molecule has 0 bridgehead atoms. The summed E-state index contributed by atoms with van der Waals surface area (Å²) in [4.78, 5) is 23.5. The second-order valence-corrected chi connectivity index (χ2v) is 6.05. The summed E-state index contributed by atoms with van der Waals surface area (Å²) >= 11 is 7.42. The van der Waals surface area contributed by atoms with Crippen LogP contribution in [-0.4, -0.2) is 26.1 Å². The van der Waals surface area contributed by atoms with Crippen LogP contribution in [-0.2, 0) is 6.42 Å². The molecule has 6 nitrogen and oxygen atoms in total. The summed E-state index contributed by atoms with van der Waals surface area (Å²) in [6.45, 7) is 0. The van der Waals surface area contributed by atoms with Crippen molar-refractivity contribution in [3.05, 3.63) is 63.5 Å². The number of hydroxylamine groups is 1. The normalized spacial score (nSPS) is 10.5. The number of thiazole rings is 1. The molecule has 8 heteroatoms. The molecule has 0 aliphatic rings. The van der Waals surface area contributed by atoms with Crippen molar-refractivity contribution in [2.24, 2.45) is 0 Å². The number of amides is 1. The number of hydrogen-bond acceptors (Lipinski definition) is 6. The van der Waals surface area contributed by atoms with Gasteiger partial charge in [0.15, 0.2) is 0 Å². The summed E-state index contributed by atoms with van der Waals surface area (Å²) in [5.74, 6) is -0.826. The van der Waals surface area contributed by atoms with Gasteiger partial charge in [0, 0.05) is 34.8 Å². The molecule has 2 N–H and O–H groups in total. The lowest BCUT2D eigenvalue weighted by Gasteiger charge is -2.00. The van der Waals surface area contributed by atoms with E-state index in [0.717, 1.165) is 21.8 Å². The lowest BCUT2D eigenvalue weighted by Crippen LogP contribution is -2.21. The van der Waals surface area contributed by atoms with E-state index in [2.05, 4.69) is 15.0 Å². The van der Waals surface area contributed by atoms with E-state index in [4.69, 9.17) is 16.8 Å². The standard InChI is InChI=1S/C15H11ClN4O2S/c16-11-3-1-10(2-4-11)12-8-23-13(19-12)5-9-6-17-14(18-7-9)15(21)20-22/h1-4,6-8,22H,5H2,(H,20,21). The van der Waals surface area contributed by atoms with Crippen LogP contribution >= 0.6 is 22.9 Å². The zero-order chi connectivity index (χ0) is 16.2. The highest BCUT2D eigenvalue weighted by molar-refractivity contribution is 7.10. The highest BCUT2D eigenvalue weighted by Gasteiger charge is 2.09. The number of nitrogens with zero attached hydrogens (tertiary/aromatic N) is 3. The molecule has 0 fully saturated rings. The maximum atomic E-state index is 11.2. The van der Waals surface area contributed by atoms with E-state index >= 15 is 0 Å². The minimum atomic E-state index is -0.740. The Kier molecular flexibility index (Phi) is 4.61. The first-order valence-electron chi connectivity index (χ1n) is 6.61. The molecule has 1 aromatic carbocycles. The highest BCUT2D eigenvalue weighted by atomic mass is 35.5. The lowest BCUT2D eigenvalue weighted by molar-refractivity contribution is 0.0694. The highest BCUT2D eigenvalue weighted by Crippen LogP contribution is 2.24. The second kappa shape index (κ2) is 6.82. The monoisotopic (exact) mass is 346 g/mol. The summed E-state index contributed by atoms with van der Waals surface area (Å²) in [5.41, 5.74) is 4.21. The minimum Gasteiger partial charge on any atom is -0.288 e. The third-order valence-electron chi connectivity index (χ3n) is 3.06. The van der Waals surface area contributed by atoms with Gasteiger partial charge in [0.1, 0.15) is 0 Å². The molecule has 1 amide bonds. The number of benzene rings is 1. The Morgan fingerprint density at radius 2 is 1.91 bits per heavy atom. The van der Waals surface area contributed by atoms with Crippen LogP contribution < -0.4 is 5.48 Å². The summed E-state index contributed by atoms with van der Waals surface area (Å²) < 4.78 is 0. The van der Waals surface area contributed by atoms with Gasteiger partial charge in [-0.1, -0.05) is 23.7 Å². The number of carbonyl (C=O) groups excluding carboxylic acids is 1. The van der Waals surface area contributed by atoms with Crippen molar-refractivity contribution in [2.45, 2.75) is 6.42 Å². The maximum Gasteiger partial charge on any atom is 0.312 e. The third kappa shape index (κ3) is 3.70. The van der Waals surface area contributed by atoms with Gasteiger partial charge in [0.05, 0.1) is 10.7 Å². The van der Waals surface area contributed by atoms with Gasteiger partial charge < -0.3 is 0 Å². The fourth-order valence-electron chi connectivity index (χ4n) is 1.93. The van der Waals surface area contributed by atoms with E-state index in [-0.39, 0.29) is 5.82 Å². The predicted molar refractivity (Wildman–Crippen MR) is 86.7 cm³/mol. The van der Waals surface area contributed by atoms with E-state index in [1.54, 1.807) is 12.4 Å². The molecule has 3 aromatic rings. The number of aromatic nitrogens is 3. The quantitative estimate of drug-likeness (QED) is 0.560. The van der Waals surface area contributed by atoms with Crippen LogP contribution in [0.3, 0.4) is 0 Å². The van der Waals surface area contributed by atoms with Gasteiger partial charge in [0.2, 0.25) is 5.82 Å². The third-order valence-corrected chi connectivity index (χ3v) is 4.16. The second-order valence-electron chi connectivity index (χ2n) is 4.67. The lowest BCUT2D eigenvalue weighted by atomic mass is 10.2. The van der Waals surface area contributed by atoms with Crippen molar-refractivity contribution in [1.29, 1.82) is 0 Å². The predicted octanol–water partition coefficient (Wildman–Crippen LogP) is 2.96. The van der Waals surface area contributed by atoms with Crippen molar-refractivity contribution < 1.29 is 10.0 Å². The first-order valence-corrected chi connectivity index (χ1v) is 7.87. The zero-order valence-corrected chi connectivity index (χ0v) is 13.3. The average molecular weight is 347 g/mol. The van der Waals surface area contributed by atoms with Crippen molar-refractivity contribution in [3.8, 4) is 11.3 Å². The molecule has 0 atom stereocenters. The fourth-order valence-corrected chi connectivity index (χ4v) is 2.90. The fraction of sp³-hybridized carbons (Fsp3) is 0.0667. The Balaban J connectivity index is 1.74. The molecule has 0 spiro atoms. The van der Waals surface area contributed by atoms with E-state index in [9.17, 15) is 4.79 Å². The molecule has 0 aliphatic carbocycles. The molecule has 0 aliphatic heterocycles. The topological polar surface area (TPSA) is 88.0 Å². The Labute approximate surface area is 140 Å². The number of nitrogens with one attached hydrogen (secondary N) is 1. The molecule has 3 rings (SSSR count). The molecule has 0 saturated heterocycles. The van der Waals surface area contributed by atoms with Gasteiger partial charge in [-0.3, -0.25) is 10.0 Å². The first-order chi connectivity index (χ1) is 11.2. The van der Waals surface area contributed by atoms with Crippen molar-refractivity contribution in [3.63, 3.8) is 0 Å². The van der Waals surface area contributed by atoms with Crippen molar-refractivity contribution in [2.75, 3.05) is 0 Å². The molecule has 2 heterocycles. The summed E-state index contributed by atoms with van der Waals surface area (Å²) in [6.07, 6.45) is 3.65.